The van der Waals surface area contributed by atoms with Crippen LogP contribution in [-0.2, 0) is 14.8 Å². The van der Waals surface area contributed by atoms with E-state index >= 15 is 0 Å². The lowest BCUT2D eigenvalue weighted by molar-refractivity contribution is -0.116. The van der Waals surface area contributed by atoms with Gasteiger partial charge in [0.1, 0.15) is 11.8 Å². The predicted octanol–water partition coefficient (Wildman–Crippen LogP) is 3.53. The number of nitrogens with one attached hydrogen (secondary N) is 1. The molecule has 0 aliphatic rings. The highest BCUT2D eigenvalue weighted by atomic mass is 35.5. The van der Waals surface area contributed by atoms with Crippen molar-refractivity contribution in [1.82, 2.24) is 0 Å². The van der Waals surface area contributed by atoms with Crippen LogP contribution in [0.5, 0.6) is 5.75 Å². The molecule has 140 valence electrons. The highest BCUT2D eigenvalue weighted by Crippen LogP contribution is 2.27. The number of carbonyl (C=O) groups excluding carboxylic acids is 1. The molecule has 0 saturated carbocycles. The number of carbonyl (C=O) groups is 1. The normalized spacial score (nSPS) is 12.3. The van der Waals surface area contributed by atoms with E-state index < -0.39 is 22.0 Å². The van der Waals surface area contributed by atoms with E-state index in [1.54, 1.807) is 42.5 Å². The molecule has 6 nitrogen and oxygen atoms in total. The van der Waals surface area contributed by atoms with Crippen LogP contribution in [0.15, 0.2) is 48.5 Å². The van der Waals surface area contributed by atoms with Crippen molar-refractivity contribution in [2.45, 2.75) is 19.9 Å². The summed E-state index contributed by atoms with van der Waals surface area (Å²) in [5, 5.41) is 3.11. The molecule has 0 aliphatic carbocycles. The van der Waals surface area contributed by atoms with Gasteiger partial charge in [0, 0.05) is 5.02 Å². The van der Waals surface area contributed by atoms with Crippen molar-refractivity contribution in [3.8, 4) is 5.75 Å². The summed E-state index contributed by atoms with van der Waals surface area (Å²) in [4.78, 5) is 12.7. The monoisotopic (exact) mass is 396 g/mol. The predicted molar refractivity (Wildman–Crippen MR) is 104 cm³/mol. The van der Waals surface area contributed by atoms with Crippen LogP contribution in [0.1, 0.15) is 13.8 Å². The van der Waals surface area contributed by atoms with Crippen molar-refractivity contribution in [2.24, 2.45) is 0 Å². The Morgan fingerprint density at radius 3 is 2.54 bits per heavy atom. The van der Waals surface area contributed by atoms with Crippen LogP contribution >= 0.6 is 11.6 Å². The Balaban J connectivity index is 2.32. The Morgan fingerprint density at radius 2 is 1.92 bits per heavy atom. The number of para-hydroxylation sites is 2. The van der Waals surface area contributed by atoms with E-state index in [-0.39, 0.29) is 0 Å². The average Bonchev–Trinajstić information content (AvgIpc) is 2.55. The average molecular weight is 397 g/mol. The van der Waals surface area contributed by atoms with Crippen LogP contribution in [0.3, 0.4) is 0 Å². The molecule has 0 aromatic heterocycles. The second-order valence-corrected chi connectivity index (χ2v) is 7.93. The van der Waals surface area contributed by atoms with Gasteiger partial charge in [-0.05, 0) is 44.2 Å². The highest BCUT2D eigenvalue weighted by molar-refractivity contribution is 7.92. The Labute approximate surface area is 158 Å². The molecule has 1 amide bonds. The smallest absolute Gasteiger partial charge is 0.248 e. The molecule has 0 spiro atoms. The molecule has 26 heavy (non-hydrogen) atoms. The van der Waals surface area contributed by atoms with Gasteiger partial charge in [-0.2, -0.15) is 0 Å². The summed E-state index contributed by atoms with van der Waals surface area (Å²) in [5.41, 5.74) is 0.798. The summed E-state index contributed by atoms with van der Waals surface area (Å²) in [6.45, 7) is 3.80. The zero-order valence-corrected chi connectivity index (χ0v) is 16.3. The Bertz CT molecular complexity index is 886. The van der Waals surface area contributed by atoms with E-state index in [0.29, 0.717) is 28.8 Å². The Kier molecular flexibility index (Phi) is 6.50. The van der Waals surface area contributed by atoms with Gasteiger partial charge in [-0.25, -0.2) is 8.42 Å². The SMILES string of the molecule is CCOc1ccccc1NC(=O)[C@H](C)N(c1cccc(Cl)c1)S(C)(=O)=O. The maximum Gasteiger partial charge on any atom is 0.248 e. The largest absolute Gasteiger partial charge is 0.492 e. The molecular weight excluding hydrogens is 376 g/mol. The molecule has 8 heteroatoms. The number of sulfonamides is 1. The fraction of sp³-hybridized carbons (Fsp3) is 0.278. The summed E-state index contributed by atoms with van der Waals surface area (Å²) < 4.78 is 31.1. The first-order chi connectivity index (χ1) is 12.2. The molecule has 0 fully saturated rings. The molecule has 0 saturated heterocycles. The zero-order valence-electron chi connectivity index (χ0n) is 14.8. The highest BCUT2D eigenvalue weighted by Gasteiger charge is 2.29. The number of amides is 1. The molecule has 1 atom stereocenters. The first-order valence-corrected chi connectivity index (χ1v) is 10.2. The van der Waals surface area contributed by atoms with Crippen molar-refractivity contribution in [1.29, 1.82) is 0 Å². The van der Waals surface area contributed by atoms with E-state index in [4.69, 9.17) is 16.3 Å². The van der Waals surface area contributed by atoms with Gasteiger partial charge in [0.05, 0.1) is 24.2 Å². The third-order valence-corrected chi connectivity index (χ3v) is 5.07. The fourth-order valence-electron chi connectivity index (χ4n) is 2.51. The molecular formula is C18H21ClN2O4S. The van der Waals surface area contributed by atoms with Gasteiger partial charge in [0.15, 0.2) is 0 Å². The van der Waals surface area contributed by atoms with Gasteiger partial charge in [-0.15, -0.1) is 0 Å². The van der Waals surface area contributed by atoms with Crippen LogP contribution in [0.25, 0.3) is 0 Å². The third kappa shape index (κ3) is 4.89. The zero-order chi connectivity index (χ0) is 19.3. The van der Waals surface area contributed by atoms with Crippen molar-refractivity contribution < 1.29 is 17.9 Å². The topological polar surface area (TPSA) is 75.7 Å². The van der Waals surface area contributed by atoms with Crippen LogP contribution < -0.4 is 14.4 Å². The van der Waals surface area contributed by atoms with E-state index in [2.05, 4.69) is 5.32 Å². The molecule has 0 aliphatic heterocycles. The summed E-state index contributed by atoms with van der Waals surface area (Å²) in [6.07, 6.45) is 1.05. The quantitative estimate of drug-likeness (QED) is 0.776. The first kappa shape index (κ1) is 20.1. The number of anilines is 2. The standard InChI is InChI=1S/C18H21ClN2O4S/c1-4-25-17-11-6-5-10-16(17)20-18(22)13(2)21(26(3,23)24)15-9-7-8-14(19)12-15/h5-13H,4H2,1-3H3,(H,20,22)/t13-/m0/s1. The molecule has 0 bridgehead atoms. The van der Waals surface area contributed by atoms with Crippen molar-refractivity contribution in [3.05, 3.63) is 53.6 Å². The number of halogens is 1. The van der Waals surface area contributed by atoms with Crippen molar-refractivity contribution in [2.75, 3.05) is 22.5 Å². The lowest BCUT2D eigenvalue weighted by Gasteiger charge is -2.28. The number of ether oxygens (including phenoxy) is 1. The molecule has 0 radical (unpaired) electrons. The molecule has 0 heterocycles. The van der Waals surface area contributed by atoms with E-state index in [1.807, 2.05) is 6.92 Å². The van der Waals surface area contributed by atoms with Gasteiger partial charge in [0.25, 0.3) is 0 Å². The van der Waals surface area contributed by atoms with Crippen molar-refractivity contribution >= 4 is 38.9 Å². The van der Waals surface area contributed by atoms with Gasteiger partial charge in [0.2, 0.25) is 15.9 Å². The Hall–Kier alpha value is -2.25. The van der Waals surface area contributed by atoms with Crippen LogP contribution in [0.4, 0.5) is 11.4 Å². The third-order valence-electron chi connectivity index (χ3n) is 3.60. The lowest BCUT2D eigenvalue weighted by Crippen LogP contribution is -2.45. The van der Waals surface area contributed by atoms with Gasteiger partial charge in [-0.3, -0.25) is 9.10 Å². The Morgan fingerprint density at radius 1 is 1.23 bits per heavy atom. The first-order valence-electron chi connectivity index (χ1n) is 8.01. The number of hydrogen-bond donors (Lipinski definition) is 1. The van der Waals surface area contributed by atoms with Gasteiger partial charge in [-0.1, -0.05) is 29.8 Å². The van der Waals surface area contributed by atoms with Crippen molar-refractivity contribution in [3.63, 3.8) is 0 Å². The van der Waals surface area contributed by atoms with E-state index in [0.717, 1.165) is 10.6 Å². The maximum atomic E-state index is 12.7. The molecule has 2 rings (SSSR count). The second-order valence-electron chi connectivity index (χ2n) is 5.63. The van der Waals surface area contributed by atoms with Crippen LogP contribution in [-0.4, -0.2) is 33.2 Å². The van der Waals surface area contributed by atoms with E-state index in [9.17, 15) is 13.2 Å². The number of hydrogen-bond acceptors (Lipinski definition) is 4. The summed E-state index contributed by atoms with van der Waals surface area (Å²) >= 11 is 5.97. The number of rotatable bonds is 7. The molecule has 2 aromatic carbocycles. The van der Waals surface area contributed by atoms with Gasteiger partial charge < -0.3 is 10.1 Å². The van der Waals surface area contributed by atoms with Crippen LogP contribution in [0, 0.1) is 0 Å². The van der Waals surface area contributed by atoms with Gasteiger partial charge >= 0.3 is 0 Å². The lowest BCUT2D eigenvalue weighted by atomic mass is 10.2. The number of benzene rings is 2. The summed E-state index contributed by atoms with van der Waals surface area (Å²) in [7, 11) is -3.71. The molecule has 0 unspecified atom stereocenters. The summed E-state index contributed by atoms with van der Waals surface area (Å²) in [5.74, 6) is 0.0340. The summed E-state index contributed by atoms with van der Waals surface area (Å²) in [6, 6.07) is 12.3. The second kappa shape index (κ2) is 8.42. The minimum absolute atomic E-state index is 0.320. The fourth-order valence-corrected chi connectivity index (χ4v) is 3.86. The minimum Gasteiger partial charge on any atom is -0.492 e. The minimum atomic E-state index is -3.71. The van der Waals surface area contributed by atoms with Crippen LogP contribution in [0.2, 0.25) is 5.02 Å². The molecule has 2 aromatic rings. The number of nitrogens with zero attached hydrogens (tertiary/aromatic N) is 1. The van der Waals surface area contributed by atoms with E-state index in [1.165, 1.54) is 13.0 Å². The maximum absolute atomic E-state index is 12.7. The molecule has 1 N–H and O–H groups in total.